The van der Waals surface area contributed by atoms with Gasteiger partial charge in [0.05, 0.1) is 25.0 Å². The molecular weight excluding hydrogens is 308 g/mol. The summed E-state index contributed by atoms with van der Waals surface area (Å²) >= 11 is 0. The van der Waals surface area contributed by atoms with Gasteiger partial charge in [-0.25, -0.2) is 9.78 Å². The van der Waals surface area contributed by atoms with Gasteiger partial charge in [-0.1, -0.05) is 0 Å². The molecule has 8 heteroatoms. The number of likely N-dealkylation sites (tertiary alicyclic amines) is 1. The molecule has 0 saturated carbocycles. The molecule has 0 aliphatic carbocycles. The summed E-state index contributed by atoms with van der Waals surface area (Å²) in [6.45, 7) is 4.14. The van der Waals surface area contributed by atoms with Crippen molar-refractivity contribution < 1.29 is 9.53 Å². The lowest BCUT2D eigenvalue weighted by molar-refractivity contribution is 0.157. The van der Waals surface area contributed by atoms with Crippen LogP contribution < -0.4 is 5.32 Å². The van der Waals surface area contributed by atoms with E-state index in [1.165, 1.54) is 0 Å². The molecule has 8 nitrogen and oxygen atoms in total. The molecule has 0 spiro atoms. The summed E-state index contributed by atoms with van der Waals surface area (Å²) < 4.78 is 8.94. The van der Waals surface area contributed by atoms with Crippen LogP contribution in [-0.4, -0.2) is 56.6 Å². The molecule has 3 rings (SSSR count). The van der Waals surface area contributed by atoms with Crippen molar-refractivity contribution in [1.82, 2.24) is 24.2 Å². The van der Waals surface area contributed by atoms with Gasteiger partial charge in [0.15, 0.2) is 5.82 Å². The fraction of sp³-hybridized carbons (Fsp3) is 0.562. The highest BCUT2D eigenvalue weighted by atomic mass is 16.5. The molecule has 130 valence electrons. The highest BCUT2D eigenvalue weighted by Crippen LogP contribution is 2.20. The largest absolute Gasteiger partial charge is 0.382 e. The number of hydrogen-bond acceptors (Lipinski definition) is 4. The van der Waals surface area contributed by atoms with Crippen molar-refractivity contribution in [2.75, 3.05) is 25.6 Å². The van der Waals surface area contributed by atoms with E-state index in [-0.39, 0.29) is 18.1 Å². The third kappa shape index (κ3) is 3.76. The molecule has 0 unspecified atom stereocenters. The number of aromatic nitrogens is 4. The van der Waals surface area contributed by atoms with Gasteiger partial charge >= 0.3 is 6.03 Å². The summed E-state index contributed by atoms with van der Waals surface area (Å²) in [5, 5.41) is 7.30. The molecular formula is C16H24N6O2. The molecule has 0 aromatic carbocycles. The van der Waals surface area contributed by atoms with Gasteiger partial charge in [-0.3, -0.25) is 10.00 Å². The minimum atomic E-state index is -0.0951. The van der Waals surface area contributed by atoms with Crippen molar-refractivity contribution in [2.45, 2.75) is 38.4 Å². The van der Waals surface area contributed by atoms with Gasteiger partial charge < -0.3 is 14.2 Å². The number of nitrogens with one attached hydrogen (secondary N) is 1. The summed E-state index contributed by atoms with van der Waals surface area (Å²) in [7, 11) is 1.66. The van der Waals surface area contributed by atoms with Gasteiger partial charge in [0.25, 0.3) is 0 Å². The predicted octanol–water partition coefficient (Wildman–Crippen LogP) is 1.98. The summed E-state index contributed by atoms with van der Waals surface area (Å²) in [4.78, 5) is 18.5. The van der Waals surface area contributed by atoms with Crippen LogP contribution in [0.1, 0.15) is 25.8 Å². The van der Waals surface area contributed by atoms with Crippen LogP contribution >= 0.6 is 0 Å². The zero-order chi connectivity index (χ0) is 16.9. The topological polar surface area (TPSA) is 77.2 Å². The molecule has 0 radical (unpaired) electrons. The Morgan fingerprint density at radius 2 is 2.38 bits per heavy atom. The Balaban J connectivity index is 1.59. The number of rotatable bonds is 6. The summed E-state index contributed by atoms with van der Waals surface area (Å²) in [5.41, 5.74) is 0. The van der Waals surface area contributed by atoms with E-state index in [4.69, 9.17) is 4.74 Å². The van der Waals surface area contributed by atoms with Crippen LogP contribution in [-0.2, 0) is 11.3 Å². The number of anilines is 1. The third-order valence-electron chi connectivity index (χ3n) is 4.32. The average molecular weight is 332 g/mol. The molecule has 3 heterocycles. The van der Waals surface area contributed by atoms with Crippen LogP contribution in [0.3, 0.4) is 0 Å². The van der Waals surface area contributed by atoms with E-state index in [1.54, 1.807) is 24.3 Å². The van der Waals surface area contributed by atoms with Crippen molar-refractivity contribution in [1.29, 1.82) is 0 Å². The Morgan fingerprint density at radius 3 is 3.12 bits per heavy atom. The van der Waals surface area contributed by atoms with E-state index < -0.39 is 0 Å². The summed E-state index contributed by atoms with van der Waals surface area (Å²) in [6.07, 6.45) is 9.34. The van der Waals surface area contributed by atoms with Crippen molar-refractivity contribution in [3.63, 3.8) is 0 Å². The van der Waals surface area contributed by atoms with Gasteiger partial charge in [-0.05, 0) is 19.8 Å². The maximum absolute atomic E-state index is 12.6. The molecule has 1 aliphatic rings. The van der Waals surface area contributed by atoms with Crippen LogP contribution in [0.2, 0.25) is 0 Å². The standard InChI is InChI=1S/C16H24N6O2/c1-13(11-24-2)22-8-5-15(19-22)18-16(23)21-7-3-4-14(21)10-20-9-6-17-12-20/h5-6,8-9,12-14H,3-4,7,10-11H2,1-2H3,(H,18,19,23)/t13-,14+/m0/s1. The minimum Gasteiger partial charge on any atom is -0.382 e. The lowest BCUT2D eigenvalue weighted by Gasteiger charge is -2.24. The molecule has 1 N–H and O–H groups in total. The number of urea groups is 1. The molecule has 2 amide bonds. The number of hydrogen-bond donors (Lipinski definition) is 1. The first-order valence-electron chi connectivity index (χ1n) is 8.25. The highest BCUT2D eigenvalue weighted by Gasteiger charge is 2.29. The number of amides is 2. The van der Waals surface area contributed by atoms with Crippen LogP contribution in [0.15, 0.2) is 31.0 Å². The Labute approximate surface area is 141 Å². The molecule has 1 saturated heterocycles. The lowest BCUT2D eigenvalue weighted by atomic mass is 10.2. The van der Waals surface area contributed by atoms with Gasteiger partial charge in [0.2, 0.25) is 0 Å². The van der Waals surface area contributed by atoms with E-state index in [0.717, 1.165) is 25.9 Å². The van der Waals surface area contributed by atoms with E-state index in [0.29, 0.717) is 12.4 Å². The second-order valence-electron chi connectivity index (χ2n) is 6.16. The summed E-state index contributed by atoms with van der Waals surface area (Å²) in [5.74, 6) is 0.566. The molecule has 1 aliphatic heterocycles. The zero-order valence-electron chi connectivity index (χ0n) is 14.1. The van der Waals surface area contributed by atoms with Crippen LogP contribution in [0, 0.1) is 0 Å². The fourth-order valence-electron chi connectivity index (χ4n) is 3.08. The normalized spacial score (nSPS) is 18.8. The number of carbonyl (C=O) groups is 1. The Hall–Kier alpha value is -2.35. The molecule has 2 aromatic heterocycles. The Bertz CT molecular complexity index is 653. The SMILES string of the molecule is COC[C@H](C)n1ccc(NC(=O)N2CCC[C@@H]2Cn2ccnc2)n1. The number of methoxy groups -OCH3 is 1. The molecule has 1 fully saturated rings. The van der Waals surface area contributed by atoms with Gasteiger partial charge in [0, 0.05) is 44.9 Å². The van der Waals surface area contributed by atoms with Crippen molar-refractivity contribution in [3.05, 3.63) is 31.0 Å². The first-order valence-corrected chi connectivity index (χ1v) is 8.25. The molecule has 2 aromatic rings. The van der Waals surface area contributed by atoms with Crippen molar-refractivity contribution >= 4 is 11.8 Å². The van der Waals surface area contributed by atoms with Crippen LogP contribution in [0.4, 0.5) is 10.6 Å². The Morgan fingerprint density at radius 1 is 1.50 bits per heavy atom. The Kier molecular flexibility index (Phi) is 5.14. The second kappa shape index (κ2) is 7.48. The maximum atomic E-state index is 12.6. The quantitative estimate of drug-likeness (QED) is 0.877. The molecule has 2 atom stereocenters. The van der Waals surface area contributed by atoms with Gasteiger partial charge in [-0.15, -0.1) is 0 Å². The number of imidazole rings is 1. The summed E-state index contributed by atoms with van der Waals surface area (Å²) in [6, 6.07) is 2.03. The van der Waals surface area contributed by atoms with E-state index in [9.17, 15) is 4.79 Å². The smallest absolute Gasteiger partial charge is 0.323 e. The third-order valence-corrected chi connectivity index (χ3v) is 4.32. The molecule has 24 heavy (non-hydrogen) atoms. The van der Waals surface area contributed by atoms with E-state index in [2.05, 4.69) is 15.4 Å². The first kappa shape index (κ1) is 16.5. The lowest BCUT2D eigenvalue weighted by Crippen LogP contribution is -2.40. The fourth-order valence-corrected chi connectivity index (χ4v) is 3.08. The number of carbonyl (C=O) groups excluding carboxylic acids is 1. The predicted molar refractivity (Wildman–Crippen MR) is 89.8 cm³/mol. The average Bonchev–Trinajstić information content (AvgIpc) is 3.29. The number of nitrogens with zero attached hydrogens (tertiary/aromatic N) is 5. The van der Waals surface area contributed by atoms with Crippen molar-refractivity contribution in [2.24, 2.45) is 0 Å². The molecule has 0 bridgehead atoms. The van der Waals surface area contributed by atoms with Crippen LogP contribution in [0.25, 0.3) is 0 Å². The highest BCUT2D eigenvalue weighted by molar-refractivity contribution is 5.88. The van der Waals surface area contributed by atoms with Crippen LogP contribution in [0.5, 0.6) is 0 Å². The van der Waals surface area contributed by atoms with E-state index >= 15 is 0 Å². The monoisotopic (exact) mass is 332 g/mol. The zero-order valence-corrected chi connectivity index (χ0v) is 14.1. The number of ether oxygens (including phenoxy) is 1. The van der Waals surface area contributed by atoms with Gasteiger partial charge in [-0.2, -0.15) is 5.10 Å². The van der Waals surface area contributed by atoms with Crippen molar-refractivity contribution in [3.8, 4) is 0 Å². The maximum Gasteiger partial charge on any atom is 0.323 e. The second-order valence-corrected chi connectivity index (χ2v) is 6.16. The van der Waals surface area contributed by atoms with Gasteiger partial charge in [0.1, 0.15) is 0 Å². The minimum absolute atomic E-state index is 0.0951. The van der Waals surface area contributed by atoms with E-state index in [1.807, 2.05) is 34.9 Å². The first-order chi connectivity index (χ1) is 11.7.